The summed E-state index contributed by atoms with van der Waals surface area (Å²) in [7, 11) is -4.25. The first-order valence-electron chi connectivity index (χ1n) is 12.6. The number of rotatable bonds is 8. The summed E-state index contributed by atoms with van der Waals surface area (Å²) in [5.74, 6) is -2.34. The van der Waals surface area contributed by atoms with Crippen molar-refractivity contribution in [3.05, 3.63) is 89.2 Å². The number of imide groups is 1. The molecule has 3 amide bonds. The third kappa shape index (κ3) is 5.08. The molecule has 2 aliphatic heterocycles. The van der Waals surface area contributed by atoms with Gasteiger partial charge in [-0.25, -0.2) is 12.8 Å². The zero-order valence-corrected chi connectivity index (χ0v) is 22.4. The van der Waals surface area contributed by atoms with E-state index in [0.29, 0.717) is 18.0 Å². The zero-order chi connectivity index (χ0) is 28.4. The summed E-state index contributed by atoms with van der Waals surface area (Å²) in [6.07, 6.45) is 0. The fraction of sp³-hybridized carbons (Fsp3) is 0.250. The second kappa shape index (κ2) is 11.2. The summed E-state index contributed by atoms with van der Waals surface area (Å²) in [5, 5.41) is 0. The zero-order valence-electron chi connectivity index (χ0n) is 21.6. The smallest absolute Gasteiger partial charge is 0.263 e. The number of nitrogens with zero attached hydrogens (tertiary/aromatic N) is 3. The molecule has 0 aliphatic carbocycles. The van der Waals surface area contributed by atoms with Crippen LogP contribution >= 0.6 is 0 Å². The molecule has 0 bridgehead atoms. The molecule has 0 radical (unpaired) electrons. The van der Waals surface area contributed by atoms with Crippen LogP contribution in [0.2, 0.25) is 0 Å². The van der Waals surface area contributed by atoms with E-state index < -0.39 is 45.1 Å². The molecule has 3 aromatic rings. The van der Waals surface area contributed by atoms with Gasteiger partial charge in [-0.15, -0.1) is 0 Å². The Bertz CT molecular complexity index is 1540. The van der Waals surface area contributed by atoms with Crippen LogP contribution in [0.1, 0.15) is 38.0 Å². The SMILES string of the molecule is CCOc1ccc(N(CN2C(=O)c3ccccc3C2=O)C(=O)c2ccc(F)c(S(=O)(=O)N3CCOCC3)c2)cc1. The lowest BCUT2D eigenvalue weighted by Crippen LogP contribution is -2.44. The van der Waals surface area contributed by atoms with Gasteiger partial charge in [0, 0.05) is 24.3 Å². The average molecular weight is 568 g/mol. The lowest BCUT2D eigenvalue weighted by atomic mass is 10.1. The molecule has 0 unspecified atom stereocenters. The van der Waals surface area contributed by atoms with Crippen LogP contribution in [0.5, 0.6) is 5.75 Å². The Morgan fingerprint density at radius 2 is 1.60 bits per heavy atom. The largest absolute Gasteiger partial charge is 0.494 e. The number of amides is 3. The number of hydrogen-bond acceptors (Lipinski definition) is 7. The van der Waals surface area contributed by atoms with E-state index in [1.54, 1.807) is 36.4 Å². The van der Waals surface area contributed by atoms with E-state index in [4.69, 9.17) is 9.47 Å². The van der Waals surface area contributed by atoms with Gasteiger partial charge in [0.25, 0.3) is 17.7 Å². The Hall–Kier alpha value is -4.13. The fourth-order valence-electron chi connectivity index (χ4n) is 4.58. The quantitative estimate of drug-likeness (QED) is 0.384. The minimum atomic E-state index is -4.25. The summed E-state index contributed by atoms with van der Waals surface area (Å²) in [4.78, 5) is 41.5. The highest BCUT2D eigenvalue weighted by Crippen LogP contribution is 2.28. The first-order chi connectivity index (χ1) is 19.2. The van der Waals surface area contributed by atoms with Gasteiger partial charge in [0.1, 0.15) is 23.1 Å². The number of carbonyl (C=O) groups is 3. The number of ether oxygens (including phenoxy) is 2. The third-order valence-electron chi connectivity index (χ3n) is 6.63. The molecule has 0 N–H and O–H groups in total. The standard InChI is InChI=1S/C28H26FN3O7S/c1-2-39-21-10-8-20(9-11-21)31(18-32-27(34)22-5-3-4-6-23(22)28(32)35)26(33)19-7-12-24(29)25(17-19)40(36,37)30-13-15-38-16-14-30/h3-12,17H,2,13-16,18H2,1H3. The van der Waals surface area contributed by atoms with Crippen molar-refractivity contribution in [1.82, 2.24) is 9.21 Å². The fourth-order valence-corrected chi connectivity index (χ4v) is 6.08. The van der Waals surface area contributed by atoms with E-state index in [-0.39, 0.29) is 43.0 Å². The van der Waals surface area contributed by atoms with Gasteiger partial charge in [0.2, 0.25) is 10.0 Å². The van der Waals surface area contributed by atoms with Gasteiger partial charge in [-0.05, 0) is 61.5 Å². The predicted octanol–water partition coefficient (Wildman–Crippen LogP) is 3.15. The van der Waals surface area contributed by atoms with Crippen molar-refractivity contribution < 1.29 is 36.7 Å². The molecule has 1 saturated heterocycles. The molecule has 40 heavy (non-hydrogen) atoms. The molecule has 10 nitrogen and oxygen atoms in total. The summed E-state index contributed by atoms with van der Waals surface area (Å²) >= 11 is 0. The maximum Gasteiger partial charge on any atom is 0.263 e. The van der Waals surface area contributed by atoms with Crippen LogP contribution in [-0.2, 0) is 14.8 Å². The normalized spacial score (nSPS) is 15.7. The number of hydrogen-bond donors (Lipinski definition) is 0. The van der Waals surface area contributed by atoms with Gasteiger partial charge in [-0.2, -0.15) is 4.31 Å². The van der Waals surface area contributed by atoms with Crippen molar-refractivity contribution in [1.29, 1.82) is 0 Å². The molecule has 1 fully saturated rings. The van der Waals surface area contributed by atoms with Crippen LogP contribution in [-0.4, -0.2) is 74.9 Å². The molecular weight excluding hydrogens is 541 g/mol. The molecule has 0 atom stereocenters. The third-order valence-corrected chi connectivity index (χ3v) is 8.55. The van der Waals surface area contributed by atoms with E-state index >= 15 is 0 Å². The van der Waals surface area contributed by atoms with Crippen molar-refractivity contribution in [2.75, 3.05) is 44.5 Å². The average Bonchev–Trinajstić information content (AvgIpc) is 3.21. The number of anilines is 1. The van der Waals surface area contributed by atoms with Crippen molar-refractivity contribution in [2.45, 2.75) is 11.8 Å². The molecule has 2 heterocycles. The predicted molar refractivity (Wildman–Crippen MR) is 142 cm³/mol. The van der Waals surface area contributed by atoms with Crippen LogP contribution in [0, 0.1) is 5.82 Å². The maximum atomic E-state index is 14.8. The number of halogens is 1. The second-order valence-electron chi connectivity index (χ2n) is 9.05. The van der Waals surface area contributed by atoms with Gasteiger partial charge in [0.05, 0.1) is 30.9 Å². The van der Waals surface area contributed by atoms with E-state index in [1.807, 2.05) is 6.92 Å². The molecule has 3 aromatic carbocycles. The lowest BCUT2D eigenvalue weighted by Gasteiger charge is -2.28. The summed E-state index contributed by atoms with van der Waals surface area (Å²) in [6, 6.07) is 15.8. The van der Waals surface area contributed by atoms with Crippen molar-refractivity contribution >= 4 is 33.4 Å². The van der Waals surface area contributed by atoms with Gasteiger partial charge in [0.15, 0.2) is 0 Å². The number of morpholine rings is 1. The van der Waals surface area contributed by atoms with E-state index in [0.717, 1.165) is 26.2 Å². The Balaban J connectivity index is 1.52. The lowest BCUT2D eigenvalue weighted by molar-refractivity contribution is 0.0650. The number of benzene rings is 3. The molecule has 12 heteroatoms. The summed E-state index contributed by atoms with van der Waals surface area (Å²) in [6.45, 7) is 2.24. The van der Waals surface area contributed by atoms with Crippen LogP contribution in [0.25, 0.3) is 0 Å². The Kier molecular flexibility index (Phi) is 7.66. The molecule has 5 rings (SSSR count). The molecular formula is C28H26FN3O7S. The first kappa shape index (κ1) is 27.4. The topological polar surface area (TPSA) is 114 Å². The Labute approximate surface area is 230 Å². The first-order valence-corrected chi connectivity index (χ1v) is 14.0. The van der Waals surface area contributed by atoms with E-state index in [1.165, 1.54) is 18.2 Å². The molecule has 208 valence electrons. The second-order valence-corrected chi connectivity index (χ2v) is 11.0. The van der Waals surface area contributed by atoms with Crippen LogP contribution in [0.15, 0.2) is 71.6 Å². The molecule has 0 saturated carbocycles. The highest BCUT2D eigenvalue weighted by molar-refractivity contribution is 7.89. The number of fused-ring (bicyclic) bond motifs is 1. The van der Waals surface area contributed by atoms with Gasteiger partial charge >= 0.3 is 0 Å². The van der Waals surface area contributed by atoms with Crippen LogP contribution < -0.4 is 9.64 Å². The van der Waals surface area contributed by atoms with Crippen molar-refractivity contribution in [3.63, 3.8) is 0 Å². The summed E-state index contributed by atoms with van der Waals surface area (Å²) < 4.78 is 53.0. The highest BCUT2D eigenvalue weighted by atomic mass is 32.2. The van der Waals surface area contributed by atoms with Gasteiger partial charge in [-0.3, -0.25) is 24.2 Å². The molecule has 2 aliphatic rings. The van der Waals surface area contributed by atoms with E-state index in [2.05, 4.69) is 0 Å². The minimum absolute atomic E-state index is 0.0536. The number of sulfonamides is 1. The van der Waals surface area contributed by atoms with Gasteiger partial charge < -0.3 is 9.47 Å². The van der Waals surface area contributed by atoms with E-state index in [9.17, 15) is 27.2 Å². The molecule has 0 spiro atoms. The van der Waals surface area contributed by atoms with Gasteiger partial charge in [-0.1, -0.05) is 12.1 Å². The maximum absolute atomic E-state index is 14.8. The van der Waals surface area contributed by atoms with Crippen LogP contribution in [0.4, 0.5) is 10.1 Å². The Morgan fingerprint density at radius 1 is 0.975 bits per heavy atom. The minimum Gasteiger partial charge on any atom is -0.494 e. The Morgan fingerprint density at radius 3 is 2.20 bits per heavy atom. The van der Waals surface area contributed by atoms with Crippen molar-refractivity contribution in [3.8, 4) is 5.75 Å². The summed E-state index contributed by atoms with van der Waals surface area (Å²) in [5.41, 5.74) is 0.602. The molecule has 0 aromatic heterocycles. The van der Waals surface area contributed by atoms with Crippen LogP contribution in [0.3, 0.4) is 0 Å². The van der Waals surface area contributed by atoms with Crippen molar-refractivity contribution in [2.24, 2.45) is 0 Å². The highest BCUT2D eigenvalue weighted by Gasteiger charge is 2.38. The number of carbonyl (C=O) groups excluding carboxylic acids is 3. The monoisotopic (exact) mass is 567 g/mol.